The van der Waals surface area contributed by atoms with Crippen LogP contribution in [0.15, 0.2) is 18.3 Å². The Morgan fingerprint density at radius 2 is 2.29 bits per heavy atom. The molecule has 5 rings (SSSR count). The number of aromatic nitrogens is 5. The lowest BCUT2D eigenvalue weighted by Gasteiger charge is -2.30. The minimum Gasteiger partial charge on any atom is -0.369 e. The maximum atomic E-state index is 9.92. The first kappa shape index (κ1) is 17.3. The average Bonchev–Trinajstić information content (AvgIpc) is 3.16. The van der Waals surface area contributed by atoms with E-state index in [9.17, 15) is 5.26 Å². The second-order valence-corrected chi connectivity index (χ2v) is 7.64. The third kappa shape index (κ3) is 2.54. The van der Waals surface area contributed by atoms with Gasteiger partial charge in [-0.25, -0.2) is 4.98 Å². The molecule has 8 heteroatoms. The van der Waals surface area contributed by atoms with E-state index >= 15 is 0 Å². The summed E-state index contributed by atoms with van der Waals surface area (Å²) >= 11 is 0. The number of pyridine rings is 1. The highest BCUT2D eigenvalue weighted by Crippen LogP contribution is 2.51. The van der Waals surface area contributed by atoms with Crippen molar-refractivity contribution >= 4 is 11.0 Å². The van der Waals surface area contributed by atoms with Gasteiger partial charge in [0.15, 0.2) is 0 Å². The van der Waals surface area contributed by atoms with Gasteiger partial charge in [-0.05, 0) is 38.8 Å². The number of H-pyrrole nitrogens is 1. The lowest BCUT2D eigenvalue weighted by molar-refractivity contribution is -0.00267. The highest BCUT2D eigenvalue weighted by atomic mass is 16.5. The number of nitriles is 1. The maximum absolute atomic E-state index is 9.92. The van der Waals surface area contributed by atoms with Crippen molar-refractivity contribution in [3.8, 4) is 17.5 Å². The molecule has 0 spiro atoms. The van der Waals surface area contributed by atoms with Crippen molar-refractivity contribution in [1.82, 2.24) is 30.3 Å². The predicted octanol–water partition coefficient (Wildman–Crippen LogP) is 2.45. The van der Waals surface area contributed by atoms with Crippen molar-refractivity contribution in [2.75, 3.05) is 13.2 Å². The number of morpholine rings is 1. The molecule has 4 heterocycles. The van der Waals surface area contributed by atoms with Crippen LogP contribution < -0.4 is 5.32 Å². The summed E-state index contributed by atoms with van der Waals surface area (Å²) in [5.74, 6) is 0. The normalized spacial score (nSPS) is 23.6. The molecule has 3 aromatic heterocycles. The van der Waals surface area contributed by atoms with Crippen LogP contribution in [-0.4, -0.2) is 44.2 Å². The lowest BCUT2D eigenvalue weighted by Crippen LogP contribution is -2.41. The fourth-order valence-corrected chi connectivity index (χ4v) is 4.14. The van der Waals surface area contributed by atoms with Gasteiger partial charge in [0.2, 0.25) is 0 Å². The van der Waals surface area contributed by atoms with E-state index in [0.717, 1.165) is 53.1 Å². The van der Waals surface area contributed by atoms with E-state index in [2.05, 4.69) is 41.5 Å². The van der Waals surface area contributed by atoms with Gasteiger partial charge < -0.3 is 10.1 Å². The Hall–Kier alpha value is -2.76. The summed E-state index contributed by atoms with van der Waals surface area (Å²) < 4.78 is 8.00. The van der Waals surface area contributed by atoms with E-state index in [1.807, 2.05) is 10.7 Å². The molecule has 1 aliphatic heterocycles. The molecule has 0 radical (unpaired) electrons. The Bertz CT molecular complexity index is 1060. The van der Waals surface area contributed by atoms with Crippen molar-refractivity contribution in [2.45, 2.75) is 50.8 Å². The lowest BCUT2D eigenvalue weighted by atomic mass is 9.93. The number of rotatable bonds is 4. The van der Waals surface area contributed by atoms with Crippen LogP contribution in [0.3, 0.4) is 0 Å². The van der Waals surface area contributed by atoms with Crippen molar-refractivity contribution in [1.29, 1.82) is 5.26 Å². The summed E-state index contributed by atoms with van der Waals surface area (Å²) in [7, 11) is 0. The monoisotopic (exact) mass is 377 g/mol. The molecule has 2 N–H and O–H groups in total. The van der Waals surface area contributed by atoms with Crippen LogP contribution in [-0.2, 0) is 16.7 Å². The minimum atomic E-state index is -0.447. The molecular weight excluding hydrogens is 354 g/mol. The molecule has 1 saturated heterocycles. The molecule has 1 saturated carbocycles. The molecule has 2 aliphatic rings. The molecule has 1 unspecified atom stereocenters. The number of aryl methyl sites for hydroxylation is 1. The second kappa shape index (κ2) is 6.40. The molecule has 8 nitrogen and oxygen atoms in total. The van der Waals surface area contributed by atoms with Gasteiger partial charge in [0.05, 0.1) is 29.3 Å². The van der Waals surface area contributed by atoms with E-state index < -0.39 is 5.41 Å². The van der Waals surface area contributed by atoms with Gasteiger partial charge in [-0.3, -0.25) is 9.78 Å². The first-order chi connectivity index (χ1) is 13.7. The van der Waals surface area contributed by atoms with Crippen LogP contribution in [0.1, 0.15) is 44.1 Å². The van der Waals surface area contributed by atoms with Gasteiger partial charge in [-0.15, -0.1) is 0 Å². The summed E-state index contributed by atoms with van der Waals surface area (Å²) in [6, 6.07) is 6.68. The third-order valence-corrected chi connectivity index (χ3v) is 5.85. The van der Waals surface area contributed by atoms with E-state index in [1.54, 1.807) is 6.20 Å². The molecular formula is C20H23N7O. The Kier molecular flexibility index (Phi) is 3.96. The molecule has 144 valence electrons. The zero-order chi connectivity index (χ0) is 19.3. The van der Waals surface area contributed by atoms with Crippen LogP contribution in [0.4, 0.5) is 0 Å². The number of aromatic amines is 1. The summed E-state index contributed by atoms with van der Waals surface area (Å²) in [6.07, 6.45) is 3.37. The van der Waals surface area contributed by atoms with Gasteiger partial charge in [-0.1, -0.05) is 0 Å². The van der Waals surface area contributed by atoms with Crippen molar-refractivity contribution < 1.29 is 4.74 Å². The zero-order valence-electron chi connectivity index (χ0n) is 16.1. The van der Waals surface area contributed by atoms with Crippen LogP contribution in [0.2, 0.25) is 0 Å². The average molecular weight is 377 g/mol. The van der Waals surface area contributed by atoms with Gasteiger partial charge in [-0.2, -0.15) is 15.5 Å². The first-order valence-electron chi connectivity index (χ1n) is 9.85. The van der Waals surface area contributed by atoms with E-state index in [0.29, 0.717) is 13.2 Å². The molecule has 2 atom stereocenters. The standard InChI is InChI=1S/C20H23N7O/c1-3-27-18-13(20(11-21)5-6-20)10-15(19-12(2)22-8-9-28-19)24-17(18)16(26-27)14-4-7-23-25-14/h4,7,10,12,19,22H,3,5-6,8-9H2,1-2H3,(H,23,25)/t12?,19-/m1/s1. The number of fused-ring (bicyclic) bond motifs is 1. The highest BCUT2D eigenvalue weighted by molar-refractivity contribution is 5.92. The zero-order valence-corrected chi connectivity index (χ0v) is 16.1. The Morgan fingerprint density at radius 3 is 2.93 bits per heavy atom. The van der Waals surface area contributed by atoms with E-state index in [4.69, 9.17) is 14.8 Å². The summed E-state index contributed by atoms with van der Waals surface area (Å²) in [5, 5.41) is 25.3. The summed E-state index contributed by atoms with van der Waals surface area (Å²) in [6.45, 7) is 6.35. The number of nitrogens with zero attached hydrogens (tertiary/aromatic N) is 5. The van der Waals surface area contributed by atoms with Crippen LogP contribution in [0, 0.1) is 11.3 Å². The molecule has 2 fully saturated rings. The predicted molar refractivity (Wildman–Crippen MR) is 103 cm³/mol. The van der Waals surface area contributed by atoms with Gasteiger partial charge >= 0.3 is 0 Å². The largest absolute Gasteiger partial charge is 0.369 e. The van der Waals surface area contributed by atoms with Gasteiger partial charge in [0.1, 0.15) is 23.0 Å². The van der Waals surface area contributed by atoms with E-state index in [-0.39, 0.29) is 12.1 Å². The molecule has 28 heavy (non-hydrogen) atoms. The summed E-state index contributed by atoms with van der Waals surface area (Å²) in [5.41, 5.74) is 4.67. The highest BCUT2D eigenvalue weighted by Gasteiger charge is 2.47. The third-order valence-electron chi connectivity index (χ3n) is 5.85. The van der Waals surface area contributed by atoms with Crippen LogP contribution in [0.25, 0.3) is 22.4 Å². The van der Waals surface area contributed by atoms with Gasteiger partial charge in [0, 0.05) is 30.9 Å². The topological polar surface area (TPSA) is 104 Å². The molecule has 3 aromatic rings. The minimum absolute atomic E-state index is 0.150. The Morgan fingerprint density at radius 1 is 1.43 bits per heavy atom. The first-order valence-corrected chi connectivity index (χ1v) is 9.85. The van der Waals surface area contributed by atoms with Crippen molar-refractivity contribution in [3.05, 3.63) is 29.6 Å². The number of hydrogen-bond donors (Lipinski definition) is 2. The Labute approximate surface area is 162 Å². The van der Waals surface area contributed by atoms with Gasteiger partial charge in [0.25, 0.3) is 0 Å². The Balaban J connectivity index is 1.79. The fourth-order valence-electron chi connectivity index (χ4n) is 4.14. The molecule has 1 aliphatic carbocycles. The van der Waals surface area contributed by atoms with Crippen molar-refractivity contribution in [3.63, 3.8) is 0 Å². The van der Waals surface area contributed by atoms with Crippen LogP contribution in [0.5, 0.6) is 0 Å². The summed E-state index contributed by atoms with van der Waals surface area (Å²) in [4.78, 5) is 5.00. The second-order valence-electron chi connectivity index (χ2n) is 7.64. The molecule has 0 aromatic carbocycles. The fraction of sp³-hybridized carbons (Fsp3) is 0.500. The van der Waals surface area contributed by atoms with E-state index in [1.165, 1.54) is 0 Å². The SMILES string of the molecule is CCn1nc(-c2cc[nH]n2)c2nc([C@@H]3OCCNC3C)cc(C3(C#N)CC3)c21. The number of nitrogens with one attached hydrogen (secondary N) is 2. The number of hydrogen-bond acceptors (Lipinski definition) is 6. The van der Waals surface area contributed by atoms with Crippen molar-refractivity contribution in [2.24, 2.45) is 0 Å². The smallest absolute Gasteiger partial charge is 0.139 e. The number of ether oxygens (including phenoxy) is 1. The van der Waals surface area contributed by atoms with Crippen LogP contribution >= 0.6 is 0 Å². The maximum Gasteiger partial charge on any atom is 0.139 e. The molecule has 0 amide bonds. The molecule has 0 bridgehead atoms. The quantitative estimate of drug-likeness (QED) is 0.724.